The lowest BCUT2D eigenvalue weighted by atomic mass is 10.2. The number of rotatable bonds is 5. The van der Waals surface area contributed by atoms with Crippen molar-refractivity contribution in [1.29, 1.82) is 0 Å². The highest BCUT2D eigenvalue weighted by atomic mass is 16.5. The van der Waals surface area contributed by atoms with Gasteiger partial charge in [-0.2, -0.15) is 0 Å². The molecule has 1 rings (SSSR count). The van der Waals surface area contributed by atoms with Crippen molar-refractivity contribution in [3.63, 3.8) is 0 Å². The highest BCUT2D eigenvalue weighted by molar-refractivity contribution is 5.66. The second kappa shape index (κ2) is 5.02. The Balaban J connectivity index is 2.53. The van der Waals surface area contributed by atoms with Gasteiger partial charge in [-0.15, -0.1) is 5.10 Å². The van der Waals surface area contributed by atoms with E-state index in [0.29, 0.717) is 5.82 Å². The van der Waals surface area contributed by atoms with Crippen LogP contribution in [0.1, 0.15) is 33.0 Å². The molecule has 0 aliphatic rings. The summed E-state index contributed by atoms with van der Waals surface area (Å²) in [6.45, 7) is 6.32. The molecule has 7 heteroatoms. The van der Waals surface area contributed by atoms with Crippen LogP contribution in [0.2, 0.25) is 0 Å². The van der Waals surface area contributed by atoms with Gasteiger partial charge in [-0.3, -0.25) is 4.79 Å². The van der Waals surface area contributed by atoms with E-state index in [0.717, 1.165) is 0 Å². The Bertz CT molecular complexity index is 356. The summed E-state index contributed by atoms with van der Waals surface area (Å²) in [5.41, 5.74) is -0.274. The summed E-state index contributed by atoms with van der Waals surface area (Å²) in [6, 6.07) is 0. The van der Waals surface area contributed by atoms with E-state index in [1.54, 1.807) is 0 Å². The van der Waals surface area contributed by atoms with Gasteiger partial charge in [0.25, 0.3) is 0 Å². The highest BCUT2D eigenvalue weighted by Crippen LogP contribution is 2.09. The number of nitrogens with zero attached hydrogens (tertiary/aromatic N) is 4. The van der Waals surface area contributed by atoms with Crippen molar-refractivity contribution in [2.45, 2.75) is 45.9 Å². The molecule has 90 valence electrons. The van der Waals surface area contributed by atoms with Crippen molar-refractivity contribution in [2.24, 2.45) is 0 Å². The number of carboxylic acid groups (broad SMARTS) is 1. The molecule has 1 aromatic heterocycles. The third kappa shape index (κ3) is 4.35. The first-order chi connectivity index (χ1) is 7.38. The van der Waals surface area contributed by atoms with E-state index in [9.17, 15) is 4.79 Å². The number of carboxylic acids is 1. The van der Waals surface area contributed by atoms with Crippen molar-refractivity contribution in [3.8, 4) is 0 Å². The Labute approximate surface area is 93.4 Å². The minimum absolute atomic E-state index is 0.00639. The first kappa shape index (κ1) is 12.6. The lowest BCUT2D eigenvalue weighted by molar-refractivity contribution is -0.137. The standard InChI is InChI=1S/C9H16N4O3/c1-9(2,3)16-6-7-10-11-12-13(7)5-4-8(14)15/h4-6H2,1-3H3,(H,14,15). The molecular weight excluding hydrogens is 212 g/mol. The topological polar surface area (TPSA) is 90.1 Å². The first-order valence-electron chi connectivity index (χ1n) is 4.99. The molecule has 0 aromatic carbocycles. The maximum atomic E-state index is 10.4. The van der Waals surface area contributed by atoms with Gasteiger partial charge in [-0.05, 0) is 31.2 Å². The van der Waals surface area contributed by atoms with Gasteiger partial charge in [0.15, 0.2) is 5.82 Å². The van der Waals surface area contributed by atoms with Crippen LogP contribution in [0.4, 0.5) is 0 Å². The van der Waals surface area contributed by atoms with Crippen molar-refractivity contribution in [2.75, 3.05) is 0 Å². The van der Waals surface area contributed by atoms with Crippen molar-refractivity contribution in [1.82, 2.24) is 20.2 Å². The normalized spacial score (nSPS) is 11.7. The SMILES string of the molecule is CC(C)(C)OCc1nnnn1CCC(=O)O. The monoisotopic (exact) mass is 228 g/mol. The van der Waals surface area contributed by atoms with Gasteiger partial charge < -0.3 is 9.84 Å². The zero-order chi connectivity index (χ0) is 12.2. The molecule has 0 unspecified atom stereocenters. The quantitative estimate of drug-likeness (QED) is 0.787. The molecule has 1 aromatic rings. The Morgan fingerprint density at radius 2 is 2.19 bits per heavy atom. The van der Waals surface area contributed by atoms with Crippen LogP contribution in [0.15, 0.2) is 0 Å². The number of aromatic nitrogens is 4. The van der Waals surface area contributed by atoms with E-state index in [1.807, 2.05) is 20.8 Å². The summed E-state index contributed by atoms with van der Waals surface area (Å²) in [5, 5.41) is 19.5. The lowest BCUT2D eigenvalue weighted by Crippen LogP contribution is -2.20. The van der Waals surface area contributed by atoms with E-state index >= 15 is 0 Å². The van der Waals surface area contributed by atoms with E-state index < -0.39 is 5.97 Å². The number of aryl methyl sites for hydroxylation is 1. The lowest BCUT2D eigenvalue weighted by Gasteiger charge is -2.18. The van der Waals surface area contributed by atoms with Crippen LogP contribution < -0.4 is 0 Å². The van der Waals surface area contributed by atoms with Crippen molar-refractivity contribution in [3.05, 3.63) is 5.82 Å². The van der Waals surface area contributed by atoms with E-state index in [2.05, 4.69) is 15.5 Å². The number of ether oxygens (including phenoxy) is 1. The van der Waals surface area contributed by atoms with E-state index in [4.69, 9.17) is 9.84 Å². The second-order valence-corrected chi connectivity index (χ2v) is 4.36. The van der Waals surface area contributed by atoms with Crippen LogP contribution in [0.25, 0.3) is 0 Å². The van der Waals surface area contributed by atoms with E-state index in [-0.39, 0.29) is 25.2 Å². The van der Waals surface area contributed by atoms with Gasteiger partial charge in [-0.1, -0.05) is 0 Å². The summed E-state index contributed by atoms with van der Waals surface area (Å²) in [7, 11) is 0. The molecule has 0 saturated heterocycles. The van der Waals surface area contributed by atoms with Crippen molar-refractivity contribution >= 4 is 5.97 Å². The molecule has 16 heavy (non-hydrogen) atoms. The Morgan fingerprint density at radius 1 is 1.50 bits per heavy atom. The fourth-order valence-electron chi connectivity index (χ4n) is 0.983. The van der Waals surface area contributed by atoms with Gasteiger partial charge in [0.1, 0.15) is 6.61 Å². The smallest absolute Gasteiger partial charge is 0.305 e. The second-order valence-electron chi connectivity index (χ2n) is 4.36. The summed E-state index contributed by atoms with van der Waals surface area (Å²) in [5.74, 6) is -0.339. The van der Waals surface area contributed by atoms with Gasteiger partial charge in [0, 0.05) is 0 Å². The molecular formula is C9H16N4O3. The molecule has 1 N–H and O–H groups in total. The average molecular weight is 228 g/mol. The molecule has 0 fully saturated rings. The minimum atomic E-state index is -0.877. The third-order valence-corrected chi connectivity index (χ3v) is 1.78. The largest absolute Gasteiger partial charge is 0.481 e. The molecule has 0 spiro atoms. The number of tetrazole rings is 1. The molecule has 0 atom stereocenters. The zero-order valence-corrected chi connectivity index (χ0v) is 9.67. The molecule has 0 saturated carbocycles. The molecule has 1 heterocycles. The van der Waals surface area contributed by atoms with Gasteiger partial charge in [0.05, 0.1) is 18.6 Å². The Hall–Kier alpha value is -1.50. The highest BCUT2D eigenvalue weighted by Gasteiger charge is 2.14. The zero-order valence-electron chi connectivity index (χ0n) is 9.67. The van der Waals surface area contributed by atoms with Crippen LogP contribution in [0.5, 0.6) is 0 Å². The molecule has 0 aliphatic heterocycles. The van der Waals surface area contributed by atoms with E-state index in [1.165, 1.54) is 4.68 Å². The summed E-state index contributed by atoms with van der Waals surface area (Å²) in [6.07, 6.45) is -0.00639. The van der Waals surface area contributed by atoms with Crippen LogP contribution in [0, 0.1) is 0 Å². The molecule has 7 nitrogen and oxygen atoms in total. The maximum Gasteiger partial charge on any atom is 0.305 e. The number of hydrogen-bond acceptors (Lipinski definition) is 5. The van der Waals surface area contributed by atoms with Gasteiger partial charge >= 0.3 is 5.97 Å². The Kier molecular flexibility index (Phi) is 3.94. The summed E-state index contributed by atoms with van der Waals surface area (Å²) < 4.78 is 6.95. The third-order valence-electron chi connectivity index (χ3n) is 1.78. The van der Waals surface area contributed by atoms with Crippen LogP contribution in [-0.2, 0) is 22.7 Å². The predicted octanol–water partition coefficient (Wildman–Crippen LogP) is 0.463. The molecule has 0 bridgehead atoms. The number of aliphatic carboxylic acids is 1. The van der Waals surface area contributed by atoms with Gasteiger partial charge in [0.2, 0.25) is 0 Å². The van der Waals surface area contributed by atoms with Crippen LogP contribution >= 0.6 is 0 Å². The molecule has 0 amide bonds. The van der Waals surface area contributed by atoms with Crippen molar-refractivity contribution < 1.29 is 14.6 Å². The Morgan fingerprint density at radius 3 is 2.75 bits per heavy atom. The average Bonchev–Trinajstić information content (AvgIpc) is 2.57. The predicted molar refractivity (Wildman–Crippen MR) is 54.6 cm³/mol. The molecule has 0 aliphatic carbocycles. The summed E-state index contributed by atoms with van der Waals surface area (Å²) >= 11 is 0. The summed E-state index contributed by atoms with van der Waals surface area (Å²) in [4.78, 5) is 10.4. The first-order valence-corrected chi connectivity index (χ1v) is 4.99. The maximum absolute atomic E-state index is 10.4. The van der Waals surface area contributed by atoms with Crippen LogP contribution in [-0.4, -0.2) is 36.9 Å². The minimum Gasteiger partial charge on any atom is -0.481 e. The number of hydrogen-bond donors (Lipinski definition) is 1. The molecule has 0 radical (unpaired) electrons. The van der Waals surface area contributed by atoms with Gasteiger partial charge in [-0.25, -0.2) is 4.68 Å². The van der Waals surface area contributed by atoms with Crippen LogP contribution in [0.3, 0.4) is 0 Å². The fraction of sp³-hybridized carbons (Fsp3) is 0.778. The number of carbonyl (C=O) groups is 1. The fourth-order valence-corrected chi connectivity index (χ4v) is 0.983.